The third kappa shape index (κ3) is 5.80. The quantitative estimate of drug-likeness (QED) is 0.788. The van der Waals surface area contributed by atoms with Crippen molar-refractivity contribution in [3.8, 4) is 0 Å². The first-order valence-electron chi connectivity index (χ1n) is 7.65. The van der Waals surface area contributed by atoms with Crippen molar-refractivity contribution in [1.29, 1.82) is 0 Å². The Morgan fingerprint density at radius 2 is 1.90 bits per heavy atom. The monoisotopic (exact) mass is 284 g/mol. The number of carbonyl (C=O) groups excluding carboxylic acids is 1. The summed E-state index contributed by atoms with van der Waals surface area (Å²) < 4.78 is 0. The molecule has 1 aliphatic carbocycles. The number of carboxylic acids is 1. The molecule has 1 rings (SSSR count). The summed E-state index contributed by atoms with van der Waals surface area (Å²) >= 11 is 0. The summed E-state index contributed by atoms with van der Waals surface area (Å²) in [6.07, 6.45) is 6.01. The highest BCUT2D eigenvalue weighted by atomic mass is 16.4. The zero-order chi connectivity index (χ0) is 15.1. The van der Waals surface area contributed by atoms with Crippen molar-refractivity contribution in [1.82, 2.24) is 10.2 Å². The standard InChI is InChI=1S/C15H28N2O3/c1-11-7-9-13(10-8-11)17(3)15(20)16-12(2)5-4-6-14(18)19/h11-13H,4-10H2,1-3H3,(H,16,20)(H,18,19). The number of hydrogen-bond acceptors (Lipinski definition) is 2. The van der Waals surface area contributed by atoms with E-state index in [9.17, 15) is 9.59 Å². The summed E-state index contributed by atoms with van der Waals surface area (Å²) in [4.78, 5) is 24.4. The lowest BCUT2D eigenvalue weighted by molar-refractivity contribution is -0.137. The maximum atomic E-state index is 12.1. The van der Waals surface area contributed by atoms with Crippen LogP contribution in [0.5, 0.6) is 0 Å². The molecule has 1 fully saturated rings. The summed E-state index contributed by atoms with van der Waals surface area (Å²) in [6.45, 7) is 4.19. The van der Waals surface area contributed by atoms with E-state index in [4.69, 9.17) is 5.11 Å². The summed E-state index contributed by atoms with van der Waals surface area (Å²) in [5.74, 6) is -0.00498. The Morgan fingerprint density at radius 3 is 2.45 bits per heavy atom. The Labute approximate surface area is 121 Å². The van der Waals surface area contributed by atoms with Crippen LogP contribution < -0.4 is 5.32 Å². The molecule has 5 nitrogen and oxygen atoms in total. The second kappa shape index (κ2) is 8.12. The Hall–Kier alpha value is -1.26. The van der Waals surface area contributed by atoms with Crippen molar-refractivity contribution in [2.45, 2.75) is 70.9 Å². The van der Waals surface area contributed by atoms with Gasteiger partial charge >= 0.3 is 12.0 Å². The normalized spacial score (nSPS) is 23.9. The van der Waals surface area contributed by atoms with E-state index in [-0.39, 0.29) is 18.5 Å². The van der Waals surface area contributed by atoms with Gasteiger partial charge in [0.2, 0.25) is 0 Å². The van der Waals surface area contributed by atoms with Gasteiger partial charge in [0.25, 0.3) is 0 Å². The van der Waals surface area contributed by atoms with Gasteiger partial charge in [-0.25, -0.2) is 4.79 Å². The Morgan fingerprint density at radius 1 is 1.30 bits per heavy atom. The molecule has 0 saturated heterocycles. The minimum absolute atomic E-state index is 0.0202. The van der Waals surface area contributed by atoms with E-state index in [0.29, 0.717) is 18.9 Å². The molecule has 0 aromatic carbocycles. The van der Waals surface area contributed by atoms with E-state index >= 15 is 0 Å². The Balaban J connectivity index is 2.28. The van der Waals surface area contributed by atoms with E-state index in [0.717, 1.165) is 18.8 Å². The van der Waals surface area contributed by atoms with Gasteiger partial charge in [-0.1, -0.05) is 6.92 Å². The van der Waals surface area contributed by atoms with Crippen LogP contribution in [0.2, 0.25) is 0 Å². The highest BCUT2D eigenvalue weighted by molar-refractivity contribution is 5.74. The van der Waals surface area contributed by atoms with Crippen LogP contribution in [0.15, 0.2) is 0 Å². The number of amides is 2. The lowest BCUT2D eigenvalue weighted by Gasteiger charge is -2.34. The minimum atomic E-state index is -0.781. The van der Waals surface area contributed by atoms with Crippen molar-refractivity contribution in [2.75, 3.05) is 7.05 Å². The van der Waals surface area contributed by atoms with E-state index in [2.05, 4.69) is 12.2 Å². The van der Waals surface area contributed by atoms with Crippen LogP contribution in [0.1, 0.15) is 58.8 Å². The zero-order valence-corrected chi connectivity index (χ0v) is 12.9. The average Bonchev–Trinajstić information content (AvgIpc) is 2.38. The van der Waals surface area contributed by atoms with Crippen molar-refractivity contribution in [3.63, 3.8) is 0 Å². The molecule has 1 unspecified atom stereocenters. The summed E-state index contributed by atoms with van der Waals surface area (Å²) in [6, 6.07) is 0.330. The molecule has 0 radical (unpaired) electrons. The lowest BCUT2D eigenvalue weighted by Crippen LogP contribution is -2.47. The van der Waals surface area contributed by atoms with Gasteiger partial charge in [0.1, 0.15) is 0 Å². The molecule has 1 aliphatic rings. The molecule has 116 valence electrons. The fourth-order valence-corrected chi connectivity index (χ4v) is 2.74. The fourth-order valence-electron chi connectivity index (χ4n) is 2.74. The molecule has 0 heterocycles. The van der Waals surface area contributed by atoms with Crippen LogP contribution in [-0.2, 0) is 4.79 Å². The SMILES string of the molecule is CC1CCC(N(C)C(=O)NC(C)CCCC(=O)O)CC1. The molecule has 2 N–H and O–H groups in total. The summed E-state index contributed by atoms with van der Waals surface area (Å²) in [5, 5.41) is 11.5. The highest BCUT2D eigenvalue weighted by Crippen LogP contribution is 2.26. The highest BCUT2D eigenvalue weighted by Gasteiger charge is 2.25. The van der Waals surface area contributed by atoms with Crippen LogP contribution in [-0.4, -0.2) is 41.1 Å². The first-order valence-corrected chi connectivity index (χ1v) is 7.65. The Bertz CT molecular complexity index is 325. The molecule has 1 atom stereocenters. The predicted octanol–water partition coefficient (Wildman–Crippen LogP) is 2.85. The lowest BCUT2D eigenvalue weighted by atomic mass is 9.87. The van der Waals surface area contributed by atoms with Crippen LogP contribution >= 0.6 is 0 Å². The van der Waals surface area contributed by atoms with Gasteiger partial charge in [0.15, 0.2) is 0 Å². The molecule has 0 spiro atoms. The van der Waals surface area contributed by atoms with Gasteiger partial charge in [-0.15, -0.1) is 0 Å². The summed E-state index contributed by atoms with van der Waals surface area (Å²) in [7, 11) is 1.86. The molecular formula is C15H28N2O3. The first-order chi connectivity index (χ1) is 9.40. The first kappa shape index (κ1) is 16.8. The molecule has 2 amide bonds. The molecule has 1 saturated carbocycles. The molecule has 0 aromatic heterocycles. The third-order valence-corrected chi connectivity index (χ3v) is 4.25. The zero-order valence-electron chi connectivity index (χ0n) is 12.9. The Kier molecular flexibility index (Phi) is 6.82. The number of hydrogen-bond donors (Lipinski definition) is 2. The number of rotatable bonds is 6. The topological polar surface area (TPSA) is 69.6 Å². The van der Waals surface area contributed by atoms with Gasteiger partial charge in [0.05, 0.1) is 0 Å². The van der Waals surface area contributed by atoms with Crippen molar-refractivity contribution in [2.24, 2.45) is 5.92 Å². The van der Waals surface area contributed by atoms with E-state index in [1.807, 2.05) is 18.9 Å². The average molecular weight is 284 g/mol. The smallest absolute Gasteiger partial charge is 0.317 e. The fraction of sp³-hybridized carbons (Fsp3) is 0.867. The number of urea groups is 1. The maximum Gasteiger partial charge on any atom is 0.317 e. The number of carbonyl (C=O) groups is 2. The van der Waals surface area contributed by atoms with Gasteiger partial charge in [-0.05, 0) is 51.4 Å². The molecule has 0 aliphatic heterocycles. The van der Waals surface area contributed by atoms with E-state index in [1.165, 1.54) is 12.8 Å². The third-order valence-electron chi connectivity index (χ3n) is 4.25. The molecule has 5 heteroatoms. The van der Waals surface area contributed by atoms with Gasteiger partial charge in [0, 0.05) is 25.6 Å². The van der Waals surface area contributed by atoms with Crippen LogP contribution in [0.25, 0.3) is 0 Å². The number of nitrogens with zero attached hydrogens (tertiary/aromatic N) is 1. The predicted molar refractivity (Wildman–Crippen MR) is 78.7 cm³/mol. The molecule has 0 aromatic rings. The van der Waals surface area contributed by atoms with Crippen molar-refractivity contribution < 1.29 is 14.7 Å². The minimum Gasteiger partial charge on any atom is -0.481 e. The van der Waals surface area contributed by atoms with E-state index in [1.54, 1.807) is 0 Å². The van der Waals surface area contributed by atoms with Gasteiger partial charge < -0.3 is 15.3 Å². The van der Waals surface area contributed by atoms with Crippen LogP contribution in [0.4, 0.5) is 4.79 Å². The maximum absolute atomic E-state index is 12.1. The van der Waals surface area contributed by atoms with Crippen molar-refractivity contribution >= 4 is 12.0 Å². The van der Waals surface area contributed by atoms with Gasteiger partial charge in [-0.3, -0.25) is 4.79 Å². The number of nitrogens with one attached hydrogen (secondary N) is 1. The second-order valence-corrected chi connectivity index (χ2v) is 6.16. The van der Waals surface area contributed by atoms with Crippen LogP contribution in [0, 0.1) is 5.92 Å². The largest absolute Gasteiger partial charge is 0.481 e. The molecule has 20 heavy (non-hydrogen) atoms. The summed E-state index contributed by atoms with van der Waals surface area (Å²) in [5.41, 5.74) is 0. The van der Waals surface area contributed by atoms with Crippen LogP contribution in [0.3, 0.4) is 0 Å². The molecular weight excluding hydrogens is 256 g/mol. The number of carboxylic acid groups (broad SMARTS) is 1. The van der Waals surface area contributed by atoms with Gasteiger partial charge in [-0.2, -0.15) is 0 Å². The second-order valence-electron chi connectivity index (χ2n) is 6.16. The number of aliphatic carboxylic acids is 1. The van der Waals surface area contributed by atoms with E-state index < -0.39 is 5.97 Å². The van der Waals surface area contributed by atoms with Crippen molar-refractivity contribution in [3.05, 3.63) is 0 Å². The molecule has 0 bridgehead atoms.